The molecule has 22 heteroatoms. The number of hydrogen-bond donors (Lipinski definition) is 4. The van der Waals surface area contributed by atoms with Gasteiger partial charge in [-0.05, 0) is 121 Å². The molecule has 10 nitrogen and oxygen atoms in total. The lowest BCUT2D eigenvalue weighted by molar-refractivity contribution is -0.141. The van der Waals surface area contributed by atoms with Crippen LogP contribution in [0.5, 0.6) is 5.88 Å². The summed E-state index contributed by atoms with van der Waals surface area (Å²) in [4.78, 5) is 38.5. The highest BCUT2D eigenvalue weighted by Crippen LogP contribution is 2.42. The number of aromatic nitrogens is 3. The highest BCUT2D eigenvalue weighted by Gasteiger charge is 2.38. The second-order valence-electron chi connectivity index (χ2n) is 17.0. The van der Waals surface area contributed by atoms with Crippen LogP contribution in [0.3, 0.4) is 0 Å². The Morgan fingerprint density at radius 3 is 1.85 bits per heavy atom. The molecule has 1 aromatic carbocycles. The molecule has 3 aromatic heterocycles. The van der Waals surface area contributed by atoms with E-state index in [9.17, 15) is 27.2 Å². The molecular weight excluding hydrogens is 904 g/mol. The van der Waals surface area contributed by atoms with Gasteiger partial charge in [0.1, 0.15) is 38.8 Å². The average Bonchev–Trinajstić information content (AvgIpc) is 4.11. The van der Waals surface area contributed by atoms with Crippen molar-refractivity contribution < 1.29 is 31.9 Å². The lowest BCUT2D eigenvalue weighted by Crippen LogP contribution is -2.42. The number of pyridine rings is 3. The lowest BCUT2D eigenvalue weighted by Gasteiger charge is -2.34. The number of nitrogens with zero attached hydrogens (tertiary/aromatic N) is 3. The van der Waals surface area contributed by atoms with E-state index in [-0.39, 0.29) is 58.7 Å². The van der Waals surface area contributed by atoms with E-state index in [4.69, 9.17) is 51.8 Å². The van der Waals surface area contributed by atoms with Crippen LogP contribution in [0.4, 0.5) is 29.2 Å². The first kappa shape index (κ1) is 52.7. The third-order valence-electron chi connectivity index (χ3n) is 11.3. The van der Waals surface area contributed by atoms with Crippen molar-refractivity contribution in [3.63, 3.8) is 0 Å². The number of anilines is 2. The van der Waals surface area contributed by atoms with Crippen molar-refractivity contribution in [2.45, 2.75) is 92.1 Å². The fourth-order valence-electron chi connectivity index (χ4n) is 6.94. The number of hydrogen-bond acceptors (Lipinski definition) is 10. The van der Waals surface area contributed by atoms with Crippen molar-refractivity contribution in [2.75, 3.05) is 23.1 Å². The van der Waals surface area contributed by atoms with E-state index in [0.29, 0.717) is 17.2 Å². The summed E-state index contributed by atoms with van der Waals surface area (Å²) < 4.78 is 60.8. The van der Waals surface area contributed by atoms with Gasteiger partial charge in [0, 0.05) is 23.1 Å². The zero-order valence-corrected chi connectivity index (χ0v) is 39.5. The van der Waals surface area contributed by atoms with Gasteiger partial charge >= 0.3 is 6.18 Å². The highest BCUT2D eigenvalue weighted by atomic mass is 32.2. The summed E-state index contributed by atoms with van der Waals surface area (Å²) >= 11 is 3.04. The Morgan fingerprint density at radius 2 is 1.32 bits per heavy atom. The van der Waals surface area contributed by atoms with Crippen molar-refractivity contribution in [1.29, 1.82) is 0 Å². The molecule has 2 atom stereocenters. The number of nitrogens with one attached hydrogen (secondary N) is 4. The van der Waals surface area contributed by atoms with E-state index < -0.39 is 51.4 Å². The van der Waals surface area contributed by atoms with Crippen LogP contribution in [0.1, 0.15) is 101 Å². The Labute approximate surface area is 411 Å². The van der Waals surface area contributed by atoms with Gasteiger partial charge in [-0.25, -0.2) is 19.3 Å². The van der Waals surface area contributed by atoms with Crippen molar-refractivity contribution in [3.05, 3.63) is 129 Å². The molecule has 3 aliphatic rings. The van der Waals surface area contributed by atoms with Crippen LogP contribution in [0.2, 0.25) is 0 Å². The predicted molar refractivity (Wildman–Crippen MR) is 268 cm³/mol. The molecule has 68 heavy (non-hydrogen) atoms. The van der Waals surface area contributed by atoms with Crippen molar-refractivity contribution in [2.24, 2.45) is 11.8 Å². The Balaban J connectivity index is 0.000000227. The minimum atomic E-state index is -4.78. The molecule has 2 unspecified atom stereocenters. The summed E-state index contributed by atoms with van der Waals surface area (Å²) in [5.74, 6) is -1.21. The van der Waals surface area contributed by atoms with Crippen molar-refractivity contribution in [1.82, 2.24) is 25.6 Å². The number of benzene rings is 1. The Hall–Kier alpha value is -4.70. The fourth-order valence-corrected chi connectivity index (χ4v) is 7.59. The van der Waals surface area contributed by atoms with Gasteiger partial charge in [-0.2, -0.15) is 13.2 Å². The van der Waals surface area contributed by atoms with Crippen LogP contribution in [0.25, 0.3) is 0 Å². The molecule has 4 N–H and O–H groups in total. The van der Waals surface area contributed by atoms with E-state index in [0.717, 1.165) is 50.7 Å². The molecule has 3 saturated carbocycles. The molecule has 0 spiro atoms. The topological polar surface area (TPSA) is 130 Å². The maximum atomic E-state index is 14.8. The molecule has 3 heterocycles. The van der Waals surface area contributed by atoms with Gasteiger partial charge < -0.3 is 26.0 Å². The number of carbonyl (C=O) groups excluding carboxylic acids is 2. The van der Waals surface area contributed by atoms with Crippen LogP contribution in [0, 0.1) is 17.7 Å². The third-order valence-corrected chi connectivity index (χ3v) is 12.2. The largest absolute Gasteiger partial charge is 0.491 e. The van der Waals surface area contributed by atoms with E-state index >= 15 is 0 Å². The van der Waals surface area contributed by atoms with Gasteiger partial charge in [-0.3, -0.25) is 9.59 Å². The molecule has 3 aliphatic carbocycles. The summed E-state index contributed by atoms with van der Waals surface area (Å²) in [5, 5.41) is 10.0. The molecule has 4 aromatic rings. The standard InChI is InChI=1S/C23H23B4F3N4O2S.C23H24B2FN3OS/c1-3-21(24,25)36-20-15(5-4-11-31-20)22(26,27)34-18-14(8-9-17(33-18)23(28,29)30)19(35)32-16(10-12-37-2)13-6-7-13;1-31-12-11-19(14-7-8-14)27-22(30)17-13-18(26)20(15-9-10-15)28-21(17)29-23(24,25)16-5-3-2-4-6-16/h4-5,8-13,16H,3,6-7H2,1-2H3,(H,32,35)(H,33,34);2-6,11-15,19H,7-10H2,1H3,(H,27,30)(H,28,29)/b12-10+;12-11+. The van der Waals surface area contributed by atoms with E-state index in [1.54, 1.807) is 30.8 Å². The molecule has 0 bridgehead atoms. The van der Waals surface area contributed by atoms with Crippen LogP contribution in [0.15, 0.2) is 89.8 Å². The number of thioether (sulfide) groups is 2. The first-order valence-corrected chi connectivity index (χ1v) is 24.5. The lowest BCUT2D eigenvalue weighted by atomic mass is 9.58. The van der Waals surface area contributed by atoms with E-state index in [1.165, 1.54) is 36.2 Å². The molecule has 3 fully saturated rings. The number of rotatable bonds is 20. The molecule has 12 radical (unpaired) electrons. The number of halogens is 4. The molecule has 7 rings (SSSR count). The highest BCUT2D eigenvalue weighted by molar-refractivity contribution is 8.01. The maximum absolute atomic E-state index is 14.8. The van der Waals surface area contributed by atoms with Gasteiger partial charge in [-0.1, -0.05) is 55.5 Å². The molecule has 0 saturated heterocycles. The Bertz CT molecular complexity index is 2460. The van der Waals surface area contributed by atoms with Gasteiger partial charge in [0.25, 0.3) is 11.8 Å². The maximum Gasteiger partial charge on any atom is 0.433 e. The fraction of sp³-hybridized carbons (Fsp3) is 0.413. The molecular formula is C46H47B6F4N7O3S2. The van der Waals surface area contributed by atoms with Crippen LogP contribution in [-0.2, 0) is 16.9 Å². The zero-order valence-electron chi connectivity index (χ0n) is 37.9. The number of amides is 2. The number of carbonyl (C=O) groups is 2. The minimum absolute atomic E-state index is 0.0213. The normalized spacial score (nSPS) is 16.3. The molecule has 0 aliphatic heterocycles. The van der Waals surface area contributed by atoms with Gasteiger partial charge in [0.15, 0.2) is 0 Å². The number of ether oxygens (including phenoxy) is 1. The minimum Gasteiger partial charge on any atom is -0.491 e. The smallest absolute Gasteiger partial charge is 0.433 e. The summed E-state index contributed by atoms with van der Waals surface area (Å²) in [5.41, 5.74) is -0.319. The second kappa shape index (κ2) is 22.4. The SMILES string of the molecule is [B]C([B])(CC)Oc1ncccc1C([B])([B])Nc1nc(C(F)(F)F)ccc1C(=O)NC(/C=C/SC)C1CC1.[B]C([B])(Nc1nc(C2CC2)c(F)cc1C(=O)NC(/C=C/SC)C1CC1)c1ccccc1. The third kappa shape index (κ3) is 14.4. The Kier molecular flexibility index (Phi) is 17.3. The van der Waals surface area contributed by atoms with Crippen LogP contribution in [-0.4, -0.2) is 104 Å². The molecule has 2 amide bonds. The number of alkyl halides is 3. The first-order valence-electron chi connectivity index (χ1n) is 21.9. The van der Waals surface area contributed by atoms with E-state index in [1.807, 2.05) is 53.7 Å². The van der Waals surface area contributed by atoms with Crippen molar-refractivity contribution in [3.8, 4) is 5.88 Å². The average molecular weight is 951 g/mol. The van der Waals surface area contributed by atoms with Crippen LogP contribution >= 0.6 is 23.5 Å². The van der Waals surface area contributed by atoms with Gasteiger partial charge in [-0.15, -0.1) is 23.5 Å². The quantitative estimate of drug-likeness (QED) is 0.0531. The monoisotopic (exact) mass is 951 g/mol. The summed E-state index contributed by atoms with van der Waals surface area (Å²) in [6.45, 7) is 1.68. The van der Waals surface area contributed by atoms with E-state index in [2.05, 4.69) is 36.2 Å². The van der Waals surface area contributed by atoms with Gasteiger partial charge in [0.2, 0.25) is 5.88 Å². The van der Waals surface area contributed by atoms with Gasteiger partial charge in [0.05, 0.1) is 60.3 Å². The molecule has 342 valence electrons. The Morgan fingerprint density at radius 1 is 0.765 bits per heavy atom. The summed E-state index contributed by atoms with van der Waals surface area (Å²) in [6.07, 6.45) is 10.2. The van der Waals surface area contributed by atoms with Crippen LogP contribution < -0.4 is 26.0 Å². The first-order chi connectivity index (χ1) is 32.2. The second-order valence-corrected chi connectivity index (χ2v) is 18.5. The summed E-state index contributed by atoms with van der Waals surface area (Å²) in [7, 11) is 37.0. The summed E-state index contributed by atoms with van der Waals surface area (Å²) in [6, 6.07) is 14.6. The van der Waals surface area contributed by atoms with Crippen molar-refractivity contribution >= 4 is 94.1 Å². The zero-order chi connectivity index (χ0) is 49.4. The predicted octanol–water partition coefficient (Wildman–Crippen LogP) is 7.26.